The number of aliphatic hydroxyl groups is 1. The highest BCUT2D eigenvalue weighted by molar-refractivity contribution is 5.56. The normalized spacial score (nSPS) is 9.19. The standard InChI is InChI=1S/C12H20N2O4.C2H6.H3N/c1-16-14-11-3-2-10(9-15)8-12(11)18-7-6-17-5-4-13;1-2;/h2-3,8,14-15H,4-7,9,13H2,1H3;1-2H3;1H3. The van der Waals surface area contributed by atoms with Crippen LogP contribution in [0.4, 0.5) is 5.69 Å². The zero-order chi connectivity index (χ0) is 15.2. The monoisotopic (exact) mass is 303 g/mol. The molecular formula is C14H29N3O4. The van der Waals surface area contributed by atoms with E-state index in [0.29, 0.717) is 37.8 Å². The molecular weight excluding hydrogens is 274 g/mol. The maximum atomic E-state index is 9.08. The van der Waals surface area contributed by atoms with Gasteiger partial charge in [-0.15, -0.1) is 0 Å². The number of nitrogens with two attached hydrogens (primary N) is 1. The fourth-order valence-electron chi connectivity index (χ4n) is 1.37. The fraction of sp³-hybridized carbons (Fsp3) is 0.571. The smallest absolute Gasteiger partial charge is 0.145 e. The number of rotatable bonds is 9. The van der Waals surface area contributed by atoms with Crippen molar-refractivity contribution in [2.75, 3.05) is 39.0 Å². The molecule has 0 atom stereocenters. The van der Waals surface area contributed by atoms with Crippen LogP contribution in [0.15, 0.2) is 18.2 Å². The number of aliphatic hydroxyl groups excluding tert-OH is 1. The van der Waals surface area contributed by atoms with Crippen LogP contribution in [0.3, 0.4) is 0 Å². The maximum Gasteiger partial charge on any atom is 0.145 e. The summed E-state index contributed by atoms with van der Waals surface area (Å²) in [5.74, 6) is 0.611. The van der Waals surface area contributed by atoms with Gasteiger partial charge in [0.1, 0.15) is 18.0 Å². The molecule has 7 heteroatoms. The van der Waals surface area contributed by atoms with Crippen molar-refractivity contribution in [2.24, 2.45) is 5.73 Å². The van der Waals surface area contributed by atoms with E-state index in [1.165, 1.54) is 7.11 Å². The van der Waals surface area contributed by atoms with Crippen LogP contribution in [0.5, 0.6) is 5.75 Å². The predicted octanol–water partition coefficient (Wildman–Crippen LogP) is 1.69. The number of hydrogen-bond donors (Lipinski definition) is 4. The predicted molar refractivity (Wildman–Crippen MR) is 84.7 cm³/mol. The van der Waals surface area contributed by atoms with Crippen LogP contribution in [-0.4, -0.2) is 38.6 Å². The molecule has 0 amide bonds. The molecule has 0 fully saturated rings. The van der Waals surface area contributed by atoms with Crippen LogP contribution in [-0.2, 0) is 16.2 Å². The van der Waals surface area contributed by atoms with E-state index in [1.54, 1.807) is 18.2 Å². The number of anilines is 1. The Morgan fingerprint density at radius 2 is 1.90 bits per heavy atom. The molecule has 0 saturated carbocycles. The van der Waals surface area contributed by atoms with E-state index in [0.717, 1.165) is 5.56 Å². The van der Waals surface area contributed by atoms with Gasteiger partial charge in [-0.05, 0) is 17.7 Å². The Morgan fingerprint density at radius 3 is 2.48 bits per heavy atom. The van der Waals surface area contributed by atoms with Gasteiger partial charge in [-0.2, -0.15) is 0 Å². The SMILES string of the molecule is CC.CONc1ccc(CO)cc1OCCOCCN.N. The fourth-order valence-corrected chi connectivity index (χ4v) is 1.37. The topological polar surface area (TPSA) is 121 Å². The van der Waals surface area contributed by atoms with Crippen molar-refractivity contribution in [1.29, 1.82) is 0 Å². The first-order valence-corrected chi connectivity index (χ1v) is 6.75. The molecule has 0 aliphatic heterocycles. The summed E-state index contributed by atoms with van der Waals surface area (Å²) in [6.45, 7) is 5.85. The van der Waals surface area contributed by atoms with E-state index in [1.807, 2.05) is 13.8 Å². The number of ether oxygens (including phenoxy) is 2. The molecule has 0 unspecified atom stereocenters. The maximum absolute atomic E-state index is 9.08. The molecule has 124 valence electrons. The summed E-state index contributed by atoms with van der Waals surface area (Å²) in [6.07, 6.45) is 0. The van der Waals surface area contributed by atoms with Gasteiger partial charge in [-0.1, -0.05) is 19.9 Å². The van der Waals surface area contributed by atoms with Crippen LogP contribution in [0.1, 0.15) is 19.4 Å². The molecule has 0 saturated heterocycles. The van der Waals surface area contributed by atoms with Gasteiger partial charge in [0.15, 0.2) is 0 Å². The summed E-state index contributed by atoms with van der Waals surface area (Å²) in [5, 5.41) is 9.08. The second kappa shape index (κ2) is 15.0. The Balaban J connectivity index is 0. The van der Waals surface area contributed by atoms with E-state index in [9.17, 15) is 0 Å². The van der Waals surface area contributed by atoms with Crippen LogP contribution < -0.4 is 22.1 Å². The summed E-state index contributed by atoms with van der Waals surface area (Å²) < 4.78 is 10.8. The molecule has 21 heavy (non-hydrogen) atoms. The molecule has 0 bridgehead atoms. The van der Waals surface area contributed by atoms with Crippen molar-refractivity contribution in [3.63, 3.8) is 0 Å². The molecule has 1 rings (SSSR count). The van der Waals surface area contributed by atoms with Gasteiger partial charge in [0, 0.05) is 6.54 Å². The third kappa shape index (κ3) is 9.22. The van der Waals surface area contributed by atoms with Crippen molar-refractivity contribution in [3.8, 4) is 5.75 Å². The lowest BCUT2D eigenvalue weighted by Crippen LogP contribution is -2.13. The molecule has 1 aromatic rings. The molecule has 7 nitrogen and oxygen atoms in total. The summed E-state index contributed by atoms with van der Waals surface area (Å²) in [7, 11) is 1.52. The third-order valence-electron chi connectivity index (χ3n) is 2.19. The lowest BCUT2D eigenvalue weighted by atomic mass is 10.2. The molecule has 0 spiro atoms. The van der Waals surface area contributed by atoms with Crippen LogP contribution in [0, 0.1) is 0 Å². The van der Waals surface area contributed by atoms with E-state index in [4.69, 9.17) is 25.2 Å². The summed E-state index contributed by atoms with van der Waals surface area (Å²) in [6, 6.07) is 5.33. The van der Waals surface area contributed by atoms with Crippen LogP contribution >= 0.6 is 0 Å². The van der Waals surface area contributed by atoms with Gasteiger partial charge in [0.2, 0.25) is 0 Å². The average Bonchev–Trinajstić information content (AvgIpc) is 2.50. The quantitative estimate of drug-likeness (QED) is 0.404. The highest BCUT2D eigenvalue weighted by Crippen LogP contribution is 2.25. The first kappa shape index (κ1) is 21.9. The van der Waals surface area contributed by atoms with E-state index in [2.05, 4.69) is 5.48 Å². The van der Waals surface area contributed by atoms with Crippen LogP contribution in [0.2, 0.25) is 0 Å². The minimum atomic E-state index is -0.0344. The van der Waals surface area contributed by atoms with Gasteiger partial charge >= 0.3 is 0 Å². The van der Waals surface area contributed by atoms with Gasteiger partial charge in [0.05, 0.1) is 26.9 Å². The Hall–Kier alpha value is -1.38. The van der Waals surface area contributed by atoms with Crippen molar-refractivity contribution in [3.05, 3.63) is 23.8 Å². The van der Waals surface area contributed by atoms with Crippen molar-refractivity contribution in [1.82, 2.24) is 6.15 Å². The molecule has 0 heterocycles. The molecule has 0 aromatic heterocycles. The first-order chi connectivity index (χ1) is 9.81. The van der Waals surface area contributed by atoms with Crippen molar-refractivity contribution >= 4 is 5.69 Å². The first-order valence-electron chi connectivity index (χ1n) is 6.75. The summed E-state index contributed by atoms with van der Waals surface area (Å²) >= 11 is 0. The van der Waals surface area contributed by atoms with E-state index < -0.39 is 0 Å². The second-order valence-electron chi connectivity index (χ2n) is 3.54. The average molecular weight is 303 g/mol. The zero-order valence-corrected chi connectivity index (χ0v) is 13.2. The Kier molecular flexibility index (Phi) is 15.7. The Bertz CT molecular complexity index is 351. The van der Waals surface area contributed by atoms with Gasteiger partial charge < -0.3 is 26.5 Å². The van der Waals surface area contributed by atoms with E-state index >= 15 is 0 Å². The molecule has 0 radical (unpaired) electrons. The summed E-state index contributed by atoms with van der Waals surface area (Å²) in [5.41, 5.74) is 9.49. The van der Waals surface area contributed by atoms with Gasteiger partial charge in [-0.3, -0.25) is 10.3 Å². The van der Waals surface area contributed by atoms with Gasteiger partial charge in [-0.25, -0.2) is 0 Å². The number of nitrogens with one attached hydrogen (secondary N) is 1. The second-order valence-corrected chi connectivity index (χ2v) is 3.54. The van der Waals surface area contributed by atoms with Crippen molar-refractivity contribution in [2.45, 2.75) is 20.5 Å². The highest BCUT2D eigenvalue weighted by atomic mass is 16.6. The lowest BCUT2D eigenvalue weighted by Gasteiger charge is -2.13. The lowest BCUT2D eigenvalue weighted by molar-refractivity contribution is 0.106. The third-order valence-corrected chi connectivity index (χ3v) is 2.19. The molecule has 1 aromatic carbocycles. The largest absolute Gasteiger partial charge is 0.489 e. The summed E-state index contributed by atoms with van der Waals surface area (Å²) in [4.78, 5) is 4.85. The van der Waals surface area contributed by atoms with Crippen LogP contribution in [0.25, 0.3) is 0 Å². The molecule has 7 N–H and O–H groups in total. The van der Waals surface area contributed by atoms with Gasteiger partial charge in [0.25, 0.3) is 0 Å². The van der Waals surface area contributed by atoms with E-state index in [-0.39, 0.29) is 12.8 Å². The molecule has 0 aliphatic carbocycles. The Labute approximate surface area is 126 Å². The molecule has 0 aliphatic rings. The number of hydrogen-bond acceptors (Lipinski definition) is 7. The zero-order valence-electron chi connectivity index (χ0n) is 13.2. The highest BCUT2D eigenvalue weighted by Gasteiger charge is 2.05. The minimum absolute atomic E-state index is 0. The minimum Gasteiger partial charge on any atom is -0.489 e. The van der Waals surface area contributed by atoms with Crippen molar-refractivity contribution < 1.29 is 19.4 Å². The number of benzene rings is 1. The Morgan fingerprint density at radius 1 is 1.19 bits per heavy atom.